The van der Waals surface area contributed by atoms with Crippen molar-refractivity contribution in [3.05, 3.63) is 34.6 Å². The molecule has 4 nitrogen and oxygen atoms in total. The molecule has 1 aromatic carbocycles. The van der Waals surface area contributed by atoms with Gasteiger partial charge in [0.15, 0.2) is 5.16 Å². The van der Waals surface area contributed by atoms with Gasteiger partial charge in [-0.2, -0.15) is 0 Å². The van der Waals surface area contributed by atoms with Crippen molar-refractivity contribution in [3.8, 4) is 0 Å². The highest BCUT2D eigenvalue weighted by Crippen LogP contribution is 2.17. The number of hydrogen-bond acceptors (Lipinski definition) is 4. The molecule has 0 unspecified atom stereocenters. The fourth-order valence-electron chi connectivity index (χ4n) is 2.08. The van der Waals surface area contributed by atoms with Crippen molar-refractivity contribution in [3.63, 3.8) is 0 Å². The standard InChI is InChI=1S/C16H20N2O2S/c1-2-12(19)8-4-3-7-11-21-16-17-14-10-6-5-9-13(14)15(20)18-16/h5-6,9-10H,2-4,7-8,11H2,1H3,(H,17,18,20). The second kappa shape index (κ2) is 7.98. The minimum absolute atomic E-state index is 0.0864. The van der Waals surface area contributed by atoms with Gasteiger partial charge in [0.25, 0.3) is 5.56 Å². The van der Waals surface area contributed by atoms with Gasteiger partial charge in [0.05, 0.1) is 10.9 Å². The van der Waals surface area contributed by atoms with E-state index >= 15 is 0 Å². The van der Waals surface area contributed by atoms with Crippen LogP contribution >= 0.6 is 11.8 Å². The molecule has 0 radical (unpaired) electrons. The van der Waals surface area contributed by atoms with Crippen LogP contribution in [-0.2, 0) is 4.79 Å². The SMILES string of the molecule is CCC(=O)CCCCCSc1nc2ccccc2c(=O)[nH]1. The maximum atomic E-state index is 11.9. The molecular weight excluding hydrogens is 284 g/mol. The van der Waals surface area contributed by atoms with Crippen molar-refractivity contribution >= 4 is 28.4 Å². The molecule has 1 aromatic heterocycles. The van der Waals surface area contributed by atoms with Gasteiger partial charge < -0.3 is 4.98 Å². The number of aromatic nitrogens is 2. The molecule has 0 fully saturated rings. The van der Waals surface area contributed by atoms with E-state index in [1.54, 1.807) is 17.8 Å². The Hall–Kier alpha value is -1.62. The number of unbranched alkanes of at least 4 members (excludes halogenated alkanes) is 2. The zero-order chi connectivity index (χ0) is 15.1. The number of thioether (sulfide) groups is 1. The van der Waals surface area contributed by atoms with Gasteiger partial charge in [-0.1, -0.05) is 37.2 Å². The average Bonchev–Trinajstić information content (AvgIpc) is 2.50. The largest absolute Gasteiger partial charge is 0.301 e. The van der Waals surface area contributed by atoms with E-state index in [1.165, 1.54) is 0 Å². The molecule has 0 aliphatic heterocycles. The summed E-state index contributed by atoms with van der Waals surface area (Å²) in [6.07, 6.45) is 4.34. The molecule has 112 valence electrons. The normalized spacial score (nSPS) is 10.9. The number of hydrogen-bond donors (Lipinski definition) is 1. The molecule has 5 heteroatoms. The van der Waals surface area contributed by atoms with Crippen LogP contribution in [0.4, 0.5) is 0 Å². The molecule has 21 heavy (non-hydrogen) atoms. The number of para-hydroxylation sites is 1. The molecule has 0 saturated heterocycles. The van der Waals surface area contributed by atoms with E-state index in [0.717, 1.165) is 30.5 Å². The van der Waals surface area contributed by atoms with E-state index in [2.05, 4.69) is 9.97 Å². The van der Waals surface area contributed by atoms with Crippen LogP contribution in [0.5, 0.6) is 0 Å². The van der Waals surface area contributed by atoms with Crippen molar-refractivity contribution in [1.29, 1.82) is 0 Å². The van der Waals surface area contributed by atoms with Gasteiger partial charge in [-0.05, 0) is 25.0 Å². The predicted octanol–water partition coefficient (Wildman–Crippen LogP) is 3.55. The van der Waals surface area contributed by atoms with E-state index in [9.17, 15) is 9.59 Å². The number of ketones is 1. The summed E-state index contributed by atoms with van der Waals surface area (Å²) in [6, 6.07) is 7.35. The number of H-pyrrole nitrogens is 1. The Balaban J connectivity index is 1.81. The third kappa shape index (κ3) is 4.70. The van der Waals surface area contributed by atoms with Gasteiger partial charge in [0.2, 0.25) is 0 Å². The Morgan fingerprint density at radius 3 is 2.86 bits per heavy atom. The van der Waals surface area contributed by atoms with Gasteiger partial charge in [0, 0.05) is 18.6 Å². The molecule has 1 N–H and O–H groups in total. The van der Waals surface area contributed by atoms with E-state index in [4.69, 9.17) is 0 Å². The number of fused-ring (bicyclic) bond motifs is 1. The first kappa shape index (κ1) is 15.8. The van der Waals surface area contributed by atoms with Crippen molar-refractivity contribution in [1.82, 2.24) is 9.97 Å². The lowest BCUT2D eigenvalue weighted by atomic mass is 10.1. The highest BCUT2D eigenvalue weighted by Gasteiger charge is 2.03. The number of aromatic amines is 1. The summed E-state index contributed by atoms with van der Waals surface area (Å²) in [5.41, 5.74) is 0.647. The molecule has 0 aliphatic rings. The maximum absolute atomic E-state index is 11.9. The molecule has 0 aliphatic carbocycles. The number of benzene rings is 1. The van der Waals surface area contributed by atoms with E-state index < -0.39 is 0 Å². The zero-order valence-corrected chi connectivity index (χ0v) is 13.0. The minimum atomic E-state index is -0.0864. The summed E-state index contributed by atoms with van der Waals surface area (Å²) in [7, 11) is 0. The van der Waals surface area contributed by atoms with Crippen LogP contribution in [-0.4, -0.2) is 21.5 Å². The van der Waals surface area contributed by atoms with Crippen LogP contribution in [0.2, 0.25) is 0 Å². The van der Waals surface area contributed by atoms with Crippen LogP contribution in [0, 0.1) is 0 Å². The highest BCUT2D eigenvalue weighted by molar-refractivity contribution is 7.99. The molecule has 1 heterocycles. The van der Waals surface area contributed by atoms with Crippen LogP contribution in [0.25, 0.3) is 10.9 Å². The topological polar surface area (TPSA) is 62.8 Å². The second-order valence-corrected chi connectivity index (χ2v) is 6.02. The lowest BCUT2D eigenvalue weighted by molar-refractivity contribution is -0.118. The molecular formula is C16H20N2O2S. The summed E-state index contributed by atoms with van der Waals surface area (Å²) < 4.78 is 0. The van der Waals surface area contributed by atoms with E-state index in [-0.39, 0.29) is 5.56 Å². The summed E-state index contributed by atoms with van der Waals surface area (Å²) in [5.74, 6) is 1.24. The quantitative estimate of drug-likeness (QED) is 0.460. The first-order valence-corrected chi connectivity index (χ1v) is 8.33. The molecule has 0 atom stereocenters. The number of nitrogens with one attached hydrogen (secondary N) is 1. The Morgan fingerprint density at radius 1 is 1.24 bits per heavy atom. The Bertz CT molecular complexity index is 667. The Kier molecular flexibility index (Phi) is 5.99. The molecule has 0 bridgehead atoms. The Labute approximate surface area is 128 Å². The van der Waals surface area contributed by atoms with Gasteiger partial charge in [-0.25, -0.2) is 4.98 Å². The summed E-state index contributed by atoms with van der Waals surface area (Å²) in [6.45, 7) is 1.90. The number of rotatable bonds is 8. The number of Topliss-reactive ketones (excluding diaryl/α,β-unsaturated/α-hetero) is 1. The number of carbonyl (C=O) groups is 1. The molecule has 2 rings (SSSR count). The van der Waals surface area contributed by atoms with Gasteiger partial charge in [-0.15, -0.1) is 0 Å². The first-order chi connectivity index (χ1) is 10.2. The molecule has 0 spiro atoms. The number of nitrogens with zero attached hydrogens (tertiary/aromatic N) is 1. The molecule has 0 saturated carbocycles. The lowest BCUT2D eigenvalue weighted by Gasteiger charge is -2.03. The van der Waals surface area contributed by atoms with Crippen molar-refractivity contribution < 1.29 is 4.79 Å². The maximum Gasteiger partial charge on any atom is 0.259 e. The Morgan fingerprint density at radius 2 is 2.05 bits per heavy atom. The lowest BCUT2D eigenvalue weighted by Crippen LogP contribution is -2.09. The molecule has 2 aromatic rings. The van der Waals surface area contributed by atoms with Gasteiger partial charge >= 0.3 is 0 Å². The summed E-state index contributed by atoms with van der Waals surface area (Å²) >= 11 is 1.56. The van der Waals surface area contributed by atoms with Gasteiger partial charge in [-0.3, -0.25) is 9.59 Å². The van der Waals surface area contributed by atoms with Crippen LogP contribution in [0.15, 0.2) is 34.2 Å². The van der Waals surface area contributed by atoms with E-state index in [1.807, 2.05) is 25.1 Å². The van der Waals surface area contributed by atoms with E-state index in [0.29, 0.717) is 29.2 Å². The fraction of sp³-hybridized carbons (Fsp3) is 0.438. The zero-order valence-electron chi connectivity index (χ0n) is 12.2. The van der Waals surface area contributed by atoms with Crippen molar-refractivity contribution in [2.24, 2.45) is 0 Å². The predicted molar refractivity (Wildman–Crippen MR) is 86.9 cm³/mol. The van der Waals surface area contributed by atoms with Gasteiger partial charge in [0.1, 0.15) is 5.78 Å². The summed E-state index contributed by atoms with van der Waals surface area (Å²) in [4.78, 5) is 30.3. The fourth-order valence-corrected chi connectivity index (χ4v) is 2.95. The highest BCUT2D eigenvalue weighted by atomic mass is 32.2. The van der Waals surface area contributed by atoms with Crippen molar-refractivity contribution in [2.75, 3.05) is 5.75 Å². The van der Waals surface area contributed by atoms with Crippen LogP contribution < -0.4 is 5.56 Å². The monoisotopic (exact) mass is 304 g/mol. The summed E-state index contributed by atoms with van der Waals surface area (Å²) in [5, 5.41) is 1.29. The van der Waals surface area contributed by atoms with Crippen LogP contribution in [0.3, 0.4) is 0 Å². The first-order valence-electron chi connectivity index (χ1n) is 7.34. The third-order valence-electron chi connectivity index (χ3n) is 3.32. The number of carbonyl (C=O) groups excluding carboxylic acids is 1. The minimum Gasteiger partial charge on any atom is -0.301 e. The average molecular weight is 304 g/mol. The second-order valence-electron chi connectivity index (χ2n) is 4.94. The third-order valence-corrected chi connectivity index (χ3v) is 4.28. The van der Waals surface area contributed by atoms with Crippen molar-refractivity contribution in [2.45, 2.75) is 44.2 Å². The van der Waals surface area contributed by atoms with Crippen LogP contribution in [0.1, 0.15) is 39.0 Å². The molecule has 0 amide bonds. The smallest absolute Gasteiger partial charge is 0.259 e.